The Balaban J connectivity index is 1.51. The first kappa shape index (κ1) is 12.2. The molecule has 1 saturated carbocycles. The highest BCUT2D eigenvalue weighted by molar-refractivity contribution is 5.34. The number of hydrogen-bond acceptors (Lipinski definition) is 2. The molecule has 1 aliphatic heterocycles. The van der Waals surface area contributed by atoms with Crippen molar-refractivity contribution in [2.75, 3.05) is 19.6 Å². The summed E-state index contributed by atoms with van der Waals surface area (Å²) in [7, 11) is 0. The van der Waals surface area contributed by atoms with Gasteiger partial charge in [0.2, 0.25) is 0 Å². The quantitative estimate of drug-likeness (QED) is 0.849. The van der Waals surface area contributed by atoms with Crippen molar-refractivity contribution in [1.82, 2.24) is 10.6 Å². The predicted molar refractivity (Wildman–Crippen MR) is 75.8 cm³/mol. The zero-order chi connectivity index (χ0) is 12.4. The van der Waals surface area contributed by atoms with Gasteiger partial charge in [-0.15, -0.1) is 0 Å². The normalized spacial score (nSPS) is 32.4. The molecular weight excluding hydrogens is 220 g/mol. The molecule has 1 aliphatic carbocycles. The first-order chi connectivity index (χ1) is 8.79. The molecule has 2 nitrogen and oxygen atoms in total. The molecule has 1 aromatic rings. The van der Waals surface area contributed by atoms with Gasteiger partial charge in [0.05, 0.1) is 0 Å². The van der Waals surface area contributed by atoms with Gasteiger partial charge in [0.15, 0.2) is 0 Å². The molecule has 2 heteroatoms. The van der Waals surface area contributed by atoms with E-state index in [1.54, 1.807) is 0 Å². The number of piperidine rings is 1. The Hall–Kier alpha value is -0.860. The maximum absolute atomic E-state index is 3.79. The van der Waals surface area contributed by atoms with Gasteiger partial charge in [-0.05, 0) is 50.4 Å². The first-order valence-corrected chi connectivity index (χ1v) is 7.29. The number of nitrogens with one attached hydrogen (secondary N) is 2. The van der Waals surface area contributed by atoms with E-state index in [-0.39, 0.29) is 0 Å². The van der Waals surface area contributed by atoms with Crippen LogP contribution in [0.5, 0.6) is 0 Å². The van der Waals surface area contributed by atoms with E-state index >= 15 is 0 Å². The highest BCUT2D eigenvalue weighted by Gasteiger charge is 2.50. The lowest BCUT2D eigenvalue weighted by Crippen LogP contribution is -2.35. The van der Waals surface area contributed by atoms with Crippen LogP contribution in [0.15, 0.2) is 30.3 Å². The highest BCUT2D eigenvalue weighted by Crippen LogP contribution is 2.47. The van der Waals surface area contributed by atoms with Crippen molar-refractivity contribution in [3.63, 3.8) is 0 Å². The van der Waals surface area contributed by atoms with Crippen LogP contribution in [-0.2, 0) is 5.41 Å². The van der Waals surface area contributed by atoms with Crippen LogP contribution in [0, 0.1) is 5.92 Å². The average molecular weight is 244 g/mol. The van der Waals surface area contributed by atoms with E-state index in [4.69, 9.17) is 0 Å². The van der Waals surface area contributed by atoms with Gasteiger partial charge >= 0.3 is 0 Å². The Morgan fingerprint density at radius 1 is 1.22 bits per heavy atom. The van der Waals surface area contributed by atoms with Crippen LogP contribution in [0.3, 0.4) is 0 Å². The van der Waals surface area contributed by atoms with E-state index in [1.165, 1.54) is 44.5 Å². The largest absolute Gasteiger partial charge is 0.317 e. The van der Waals surface area contributed by atoms with Crippen molar-refractivity contribution in [3.8, 4) is 0 Å². The SMILES string of the molecule is CC1(c2ccccc2)CC1NCC1CCNCC1. The van der Waals surface area contributed by atoms with Crippen LogP contribution in [0.25, 0.3) is 0 Å². The zero-order valence-electron chi connectivity index (χ0n) is 11.3. The molecule has 0 bridgehead atoms. The Morgan fingerprint density at radius 2 is 1.94 bits per heavy atom. The van der Waals surface area contributed by atoms with Gasteiger partial charge in [-0.25, -0.2) is 0 Å². The topological polar surface area (TPSA) is 24.1 Å². The van der Waals surface area contributed by atoms with E-state index in [9.17, 15) is 0 Å². The molecule has 2 N–H and O–H groups in total. The zero-order valence-corrected chi connectivity index (χ0v) is 11.3. The second kappa shape index (κ2) is 5.02. The summed E-state index contributed by atoms with van der Waals surface area (Å²) in [6, 6.07) is 11.6. The Labute approximate surface area is 110 Å². The molecule has 2 unspecified atom stereocenters. The minimum absolute atomic E-state index is 0.383. The molecule has 0 spiro atoms. The number of hydrogen-bond donors (Lipinski definition) is 2. The third-order valence-corrected chi connectivity index (χ3v) is 4.78. The first-order valence-electron chi connectivity index (χ1n) is 7.29. The fraction of sp³-hybridized carbons (Fsp3) is 0.625. The third kappa shape index (κ3) is 2.45. The standard InChI is InChI=1S/C16H24N2/c1-16(14-5-3-2-4-6-14)11-15(16)18-12-13-7-9-17-10-8-13/h2-6,13,15,17-18H,7-12H2,1H3. The summed E-state index contributed by atoms with van der Waals surface area (Å²) in [5.41, 5.74) is 1.88. The summed E-state index contributed by atoms with van der Waals surface area (Å²) in [6.07, 6.45) is 3.96. The van der Waals surface area contributed by atoms with E-state index in [1.807, 2.05) is 0 Å². The maximum Gasteiger partial charge on any atom is 0.0171 e. The minimum Gasteiger partial charge on any atom is -0.317 e. The summed E-state index contributed by atoms with van der Waals surface area (Å²) < 4.78 is 0. The molecule has 1 heterocycles. The molecular formula is C16H24N2. The molecule has 0 amide bonds. The smallest absolute Gasteiger partial charge is 0.0171 e. The molecule has 1 saturated heterocycles. The summed E-state index contributed by atoms with van der Waals surface area (Å²) >= 11 is 0. The summed E-state index contributed by atoms with van der Waals surface area (Å²) in [6.45, 7) is 6.00. The van der Waals surface area contributed by atoms with Crippen molar-refractivity contribution >= 4 is 0 Å². The molecule has 1 aromatic carbocycles. The lowest BCUT2D eigenvalue weighted by molar-refractivity contribution is 0.352. The van der Waals surface area contributed by atoms with Crippen molar-refractivity contribution in [2.45, 2.75) is 37.6 Å². The Kier molecular flexibility index (Phi) is 3.40. The van der Waals surface area contributed by atoms with Gasteiger partial charge in [-0.1, -0.05) is 37.3 Å². The second-order valence-corrected chi connectivity index (χ2v) is 6.14. The molecule has 2 aliphatic rings. The van der Waals surface area contributed by atoms with Crippen LogP contribution in [0.1, 0.15) is 31.7 Å². The van der Waals surface area contributed by atoms with E-state index in [2.05, 4.69) is 47.9 Å². The van der Waals surface area contributed by atoms with Crippen LogP contribution in [-0.4, -0.2) is 25.7 Å². The lowest BCUT2D eigenvalue weighted by Gasteiger charge is -2.23. The lowest BCUT2D eigenvalue weighted by atomic mass is 9.96. The fourth-order valence-electron chi connectivity index (χ4n) is 3.20. The van der Waals surface area contributed by atoms with E-state index < -0.39 is 0 Å². The monoisotopic (exact) mass is 244 g/mol. The molecule has 2 atom stereocenters. The maximum atomic E-state index is 3.79. The van der Waals surface area contributed by atoms with Crippen LogP contribution < -0.4 is 10.6 Å². The van der Waals surface area contributed by atoms with Crippen LogP contribution in [0.4, 0.5) is 0 Å². The van der Waals surface area contributed by atoms with Gasteiger partial charge in [-0.2, -0.15) is 0 Å². The third-order valence-electron chi connectivity index (χ3n) is 4.78. The van der Waals surface area contributed by atoms with E-state index in [0.29, 0.717) is 11.5 Å². The van der Waals surface area contributed by atoms with Gasteiger partial charge in [0.1, 0.15) is 0 Å². The second-order valence-electron chi connectivity index (χ2n) is 6.14. The minimum atomic E-state index is 0.383. The predicted octanol–water partition coefficient (Wildman–Crippen LogP) is 2.31. The van der Waals surface area contributed by atoms with E-state index in [0.717, 1.165) is 5.92 Å². The highest BCUT2D eigenvalue weighted by atomic mass is 15.0. The van der Waals surface area contributed by atoms with Gasteiger partial charge in [0.25, 0.3) is 0 Å². The summed E-state index contributed by atoms with van der Waals surface area (Å²) in [5, 5.41) is 7.22. The fourth-order valence-corrected chi connectivity index (χ4v) is 3.20. The Bertz CT molecular complexity index is 383. The van der Waals surface area contributed by atoms with Crippen molar-refractivity contribution < 1.29 is 0 Å². The van der Waals surface area contributed by atoms with Gasteiger partial charge in [0, 0.05) is 11.5 Å². The van der Waals surface area contributed by atoms with Crippen molar-refractivity contribution in [2.24, 2.45) is 5.92 Å². The number of rotatable bonds is 4. The molecule has 18 heavy (non-hydrogen) atoms. The average Bonchev–Trinajstić information content (AvgIpc) is 3.11. The molecule has 0 aromatic heterocycles. The molecule has 2 fully saturated rings. The molecule has 98 valence electrons. The number of benzene rings is 1. The van der Waals surface area contributed by atoms with Gasteiger partial charge in [-0.3, -0.25) is 0 Å². The molecule has 0 radical (unpaired) electrons. The van der Waals surface area contributed by atoms with Crippen molar-refractivity contribution in [3.05, 3.63) is 35.9 Å². The summed E-state index contributed by atoms with van der Waals surface area (Å²) in [4.78, 5) is 0. The Morgan fingerprint density at radius 3 is 2.67 bits per heavy atom. The van der Waals surface area contributed by atoms with Gasteiger partial charge < -0.3 is 10.6 Å². The van der Waals surface area contributed by atoms with Crippen LogP contribution >= 0.6 is 0 Å². The molecule has 3 rings (SSSR count). The van der Waals surface area contributed by atoms with Crippen LogP contribution in [0.2, 0.25) is 0 Å². The summed E-state index contributed by atoms with van der Waals surface area (Å²) in [5.74, 6) is 0.881. The van der Waals surface area contributed by atoms with Crippen molar-refractivity contribution in [1.29, 1.82) is 0 Å².